The first kappa shape index (κ1) is 8.19. The van der Waals surface area contributed by atoms with Crippen LogP contribution in [0.15, 0.2) is 30.3 Å². The van der Waals surface area contributed by atoms with E-state index in [9.17, 15) is 0 Å². The maximum Gasteiger partial charge on any atom is 0.192 e. The van der Waals surface area contributed by atoms with Gasteiger partial charge in [0.15, 0.2) is 4.77 Å². The van der Waals surface area contributed by atoms with Crippen LogP contribution in [0, 0.1) is 4.77 Å². The van der Waals surface area contributed by atoms with Crippen LogP contribution in [-0.4, -0.2) is 15.2 Å². The number of hydrogen-bond donors (Lipinski definition) is 2. The van der Waals surface area contributed by atoms with E-state index in [1.807, 2.05) is 18.2 Å². The zero-order valence-electron chi connectivity index (χ0n) is 6.95. The predicted octanol–water partition coefficient (Wildman–Crippen LogP) is 2.06. The van der Waals surface area contributed by atoms with Gasteiger partial charge in [-0.05, 0) is 17.8 Å². The molecule has 1 aromatic heterocycles. The molecule has 2 N–H and O–H groups in total. The fourth-order valence-electron chi connectivity index (χ4n) is 1.18. The first-order chi connectivity index (χ1) is 6.34. The summed E-state index contributed by atoms with van der Waals surface area (Å²) < 4.78 is 0.575. The molecule has 0 fully saturated rings. The summed E-state index contributed by atoms with van der Waals surface area (Å²) in [5.74, 6) is 0.871. The summed E-state index contributed by atoms with van der Waals surface area (Å²) in [5, 5.41) is 6.72. The van der Waals surface area contributed by atoms with Crippen LogP contribution in [0.3, 0.4) is 0 Å². The van der Waals surface area contributed by atoms with Crippen LogP contribution in [-0.2, 0) is 6.42 Å². The fraction of sp³-hybridized carbons (Fsp3) is 0.111. The highest BCUT2D eigenvalue weighted by molar-refractivity contribution is 7.71. The number of aromatic amines is 2. The number of nitrogens with one attached hydrogen (secondary N) is 2. The minimum absolute atomic E-state index is 0.575. The fourth-order valence-corrected chi connectivity index (χ4v) is 1.34. The highest BCUT2D eigenvalue weighted by atomic mass is 32.1. The van der Waals surface area contributed by atoms with Gasteiger partial charge in [0.1, 0.15) is 5.82 Å². The van der Waals surface area contributed by atoms with Gasteiger partial charge in [0.05, 0.1) is 0 Å². The van der Waals surface area contributed by atoms with Gasteiger partial charge in [-0.15, -0.1) is 0 Å². The number of nitrogens with zero attached hydrogens (tertiary/aromatic N) is 1. The monoisotopic (exact) mass is 191 g/mol. The third-order valence-electron chi connectivity index (χ3n) is 1.76. The smallest absolute Gasteiger partial charge is 0.192 e. The summed E-state index contributed by atoms with van der Waals surface area (Å²) in [6.07, 6.45) is 0.786. The second-order valence-electron chi connectivity index (χ2n) is 2.79. The molecule has 66 valence electrons. The van der Waals surface area contributed by atoms with Crippen molar-refractivity contribution in [3.05, 3.63) is 46.5 Å². The van der Waals surface area contributed by atoms with Gasteiger partial charge in [0.25, 0.3) is 0 Å². The van der Waals surface area contributed by atoms with E-state index >= 15 is 0 Å². The predicted molar refractivity (Wildman–Crippen MR) is 53.0 cm³/mol. The van der Waals surface area contributed by atoms with Gasteiger partial charge < -0.3 is 4.98 Å². The molecule has 0 saturated heterocycles. The number of rotatable bonds is 2. The van der Waals surface area contributed by atoms with Gasteiger partial charge in [-0.2, -0.15) is 5.10 Å². The Balaban J connectivity index is 2.20. The number of H-pyrrole nitrogens is 2. The second-order valence-corrected chi connectivity index (χ2v) is 3.20. The minimum Gasteiger partial charge on any atom is -0.318 e. The van der Waals surface area contributed by atoms with E-state index in [-0.39, 0.29) is 0 Å². The van der Waals surface area contributed by atoms with Gasteiger partial charge in [0, 0.05) is 6.42 Å². The molecule has 4 heteroatoms. The average Bonchev–Trinajstić information content (AvgIpc) is 2.53. The van der Waals surface area contributed by atoms with Crippen molar-refractivity contribution >= 4 is 12.2 Å². The first-order valence-electron chi connectivity index (χ1n) is 4.02. The molecule has 13 heavy (non-hydrogen) atoms. The van der Waals surface area contributed by atoms with Crippen LogP contribution in [0.2, 0.25) is 0 Å². The highest BCUT2D eigenvalue weighted by Crippen LogP contribution is 2.03. The molecule has 0 aliphatic carbocycles. The quantitative estimate of drug-likeness (QED) is 0.714. The van der Waals surface area contributed by atoms with E-state index in [4.69, 9.17) is 12.2 Å². The Bertz CT molecular complexity index is 429. The summed E-state index contributed by atoms with van der Waals surface area (Å²) in [5.41, 5.74) is 1.22. The molecule has 0 spiro atoms. The summed E-state index contributed by atoms with van der Waals surface area (Å²) >= 11 is 4.88. The van der Waals surface area contributed by atoms with Gasteiger partial charge in [-0.3, -0.25) is 5.10 Å². The molecule has 3 nitrogen and oxygen atoms in total. The van der Waals surface area contributed by atoms with Gasteiger partial charge in [-0.1, -0.05) is 30.3 Å². The molecule has 0 aliphatic rings. The van der Waals surface area contributed by atoms with E-state index in [1.165, 1.54) is 5.56 Å². The van der Waals surface area contributed by atoms with Crippen LogP contribution in [0.5, 0.6) is 0 Å². The van der Waals surface area contributed by atoms with E-state index < -0.39 is 0 Å². The van der Waals surface area contributed by atoms with Crippen molar-refractivity contribution in [1.29, 1.82) is 0 Å². The van der Waals surface area contributed by atoms with Crippen molar-refractivity contribution in [2.24, 2.45) is 0 Å². The van der Waals surface area contributed by atoms with E-state index in [0.717, 1.165) is 12.2 Å². The Morgan fingerprint density at radius 2 is 2.00 bits per heavy atom. The van der Waals surface area contributed by atoms with Crippen LogP contribution in [0.4, 0.5) is 0 Å². The Morgan fingerprint density at radius 3 is 2.62 bits per heavy atom. The zero-order valence-corrected chi connectivity index (χ0v) is 7.77. The standard InChI is InChI=1S/C9H9N3S/c13-9-10-8(11-12-9)6-7-4-2-1-3-5-7/h1-5H,6H2,(H2,10,11,12,13). The third-order valence-corrected chi connectivity index (χ3v) is 1.96. The van der Waals surface area contributed by atoms with Crippen molar-refractivity contribution in [1.82, 2.24) is 15.2 Å². The van der Waals surface area contributed by atoms with Crippen LogP contribution in [0.1, 0.15) is 11.4 Å². The molecule has 0 unspecified atom stereocenters. The van der Waals surface area contributed by atoms with Crippen molar-refractivity contribution in [2.75, 3.05) is 0 Å². The lowest BCUT2D eigenvalue weighted by atomic mass is 10.1. The lowest BCUT2D eigenvalue weighted by Crippen LogP contribution is -1.89. The number of hydrogen-bond acceptors (Lipinski definition) is 2. The highest BCUT2D eigenvalue weighted by Gasteiger charge is 1.97. The topological polar surface area (TPSA) is 44.5 Å². The summed E-state index contributed by atoms with van der Waals surface area (Å²) in [6, 6.07) is 10.1. The lowest BCUT2D eigenvalue weighted by molar-refractivity contribution is 0.972. The Morgan fingerprint density at radius 1 is 1.23 bits per heavy atom. The Kier molecular flexibility index (Phi) is 2.23. The van der Waals surface area contributed by atoms with Crippen molar-refractivity contribution in [3.63, 3.8) is 0 Å². The molecule has 2 aromatic rings. The lowest BCUT2D eigenvalue weighted by Gasteiger charge is -1.95. The molecule has 0 bridgehead atoms. The molecule has 2 rings (SSSR count). The van der Waals surface area contributed by atoms with Crippen LogP contribution < -0.4 is 0 Å². The van der Waals surface area contributed by atoms with E-state index in [1.54, 1.807) is 0 Å². The average molecular weight is 191 g/mol. The van der Waals surface area contributed by atoms with E-state index in [2.05, 4.69) is 27.3 Å². The summed E-state index contributed by atoms with van der Waals surface area (Å²) in [4.78, 5) is 2.97. The SMILES string of the molecule is S=c1[nH]nc(Cc2ccccc2)[nH]1. The molecule has 0 radical (unpaired) electrons. The minimum atomic E-state index is 0.575. The molecular formula is C9H9N3S. The molecule has 1 heterocycles. The number of benzene rings is 1. The maximum absolute atomic E-state index is 4.88. The molecule has 1 aromatic carbocycles. The summed E-state index contributed by atoms with van der Waals surface area (Å²) in [7, 11) is 0. The molecule has 0 amide bonds. The normalized spacial score (nSPS) is 10.2. The van der Waals surface area contributed by atoms with Gasteiger partial charge in [-0.25, -0.2) is 0 Å². The van der Waals surface area contributed by atoms with E-state index in [0.29, 0.717) is 4.77 Å². The van der Waals surface area contributed by atoms with Crippen LogP contribution >= 0.6 is 12.2 Å². The maximum atomic E-state index is 4.88. The third kappa shape index (κ3) is 2.03. The van der Waals surface area contributed by atoms with Gasteiger partial charge >= 0.3 is 0 Å². The van der Waals surface area contributed by atoms with Crippen LogP contribution in [0.25, 0.3) is 0 Å². The molecule has 0 saturated carbocycles. The Hall–Kier alpha value is -1.42. The largest absolute Gasteiger partial charge is 0.318 e. The van der Waals surface area contributed by atoms with Crippen molar-refractivity contribution in [2.45, 2.75) is 6.42 Å². The van der Waals surface area contributed by atoms with Gasteiger partial charge in [0.2, 0.25) is 0 Å². The van der Waals surface area contributed by atoms with Crippen molar-refractivity contribution < 1.29 is 0 Å². The molecular weight excluding hydrogens is 182 g/mol. The second kappa shape index (κ2) is 3.53. The van der Waals surface area contributed by atoms with Crippen molar-refractivity contribution in [3.8, 4) is 0 Å². The molecule has 0 aliphatic heterocycles. The zero-order chi connectivity index (χ0) is 9.10. The Labute approximate surface area is 80.8 Å². The first-order valence-corrected chi connectivity index (χ1v) is 4.43. The number of aromatic nitrogens is 3. The molecule has 0 atom stereocenters. The summed E-state index contributed by atoms with van der Waals surface area (Å²) in [6.45, 7) is 0.